The molecule has 6 rings (SSSR count). The van der Waals surface area contributed by atoms with Gasteiger partial charge in [0.25, 0.3) is 0 Å². The number of halogens is 3. The molecule has 224 valence electrons. The number of amides is 1. The highest BCUT2D eigenvalue weighted by atomic mass is 32.1. The van der Waals surface area contributed by atoms with Crippen LogP contribution < -0.4 is 20.9 Å². The van der Waals surface area contributed by atoms with Gasteiger partial charge >= 0.3 is 6.61 Å². The summed E-state index contributed by atoms with van der Waals surface area (Å²) >= 11 is 1.03. The molecule has 1 aliphatic heterocycles. The van der Waals surface area contributed by atoms with Crippen molar-refractivity contribution in [1.82, 2.24) is 9.97 Å². The van der Waals surface area contributed by atoms with Gasteiger partial charge < -0.3 is 26.0 Å². The number of primary amides is 1. The summed E-state index contributed by atoms with van der Waals surface area (Å²) in [6, 6.07) is 9.88. The number of alkyl halides is 2. The topological polar surface area (TPSA) is 151 Å². The minimum absolute atomic E-state index is 0.0368. The Labute approximate surface area is 247 Å². The Morgan fingerprint density at radius 3 is 2.58 bits per heavy atom. The summed E-state index contributed by atoms with van der Waals surface area (Å²) < 4.78 is 50.8. The van der Waals surface area contributed by atoms with E-state index in [1.807, 2.05) is 0 Å². The van der Waals surface area contributed by atoms with E-state index in [1.165, 1.54) is 36.4 Å². The van der Waals surface area contributed by atoms with Gasteiger partial charge in [0, 0.05) is 23.1 Å². The van der Waals surface area contributed by atoms with Crippen molar-refractivity contribution in [2.75, 3.05) is 12.3 Å². The third-order valence-electron chi connectivity index (χ3n) is 8.18. The van der Waals surface area contributed by atoms with Crippen LogP contribution in [-0.2, 0) is 15.8 Å². The number of carbonyl (C=O) groups excluding carboxylic acids is 2. The van der Waals surface area contributed by atoms with Crippen LogP contribution in [0.1, 0.15) is 54.2 Å². The monoisotopic (exact) mass is 612 g/mol. The molecule has 2 aromatic carbocycles. The quantitative estimate of drug-likeness (QED) is 0.210. The Balaban J connectivity index is 1.38. The molecule has 0 unspecified atom stereocenters. The van der Waals surface area contributed by atoms with Crippen molar-refractivity contribution in [3.8, 4) is 22.8 Å². The molecular weight excluding hydrogens is 585 g/mol. The number of nitrogen functional groups attached to an aromatic ring is 1. The molecule has 0 saturated heterocycles. The van der Waals surface area contributed by atoms with Crippen molar-refractivity contribution in [2.24, 2.45) is 11.7 Å². The first kappa shape index (κ1) is 28.9. The van der Waals surface area contributed by atoms with E-state index >= 15 is 0 Å². The van der Waals surface area contributed by atoms with E-state index in [0.29, 0.717) is 40.1 Å². The van der Waals surface area contributed by atoms with E-state index in [1.54, 1.807) is 13.0 Å². The third-order valence-corrected chi connectivity index (χ3v) is 9.01. The molecule has 1 aliphatic carbocycles. The van der Waals surface area contributed by atoms with Crippen LogP contribution in [0.5, 0.6) is 11.5 Å². The molecule has 9 nitrogen and oxygen atoms in total. The molecule has 5 N–H and O–H groups in total. The van der Waals surface area contributed by atoms with Crippen molar-refractivity contribution < 1.29 is 37.3 Å². The van der Waals surface area contributed by atoms with E-state index in [-0.39, 0.29) is 53.0 Å². The third kappa shape index (κ3) is 5.16. The molecule has 4 aromatic rings. The van der Waals surface area contributed by atoms with Crippen molar-refractivity contribution >= 4 is 38.4 Å². The summed E-state index contributed by atoms with van der Waals surface area (Å²) in [4.78, 5) is 34.7. The molecule has 0 spiro atoms. The second kappa shape index (κ2) is 10.5. The van der Waals surface area contributed by atoms with Crippen LogP contribution in [0.15, 0.2) is 42.5 Å². The number of pyridine rings is 1. The fraction of sp³-hybridized carbons (Fsp3) is 0.333. The van der Waals surface area contributed by atoms with Gasteiger partial charge in [0.1, 0.15) is 40.4 Å². The molecule has 2 atom stereocenters. The zero-order chi connectivity index (χ0) is 30.7. The van der Waals surface area contributed by atoms with E-state index in [9.17, 15) is 27.9 Å². The van der Waals surface area contributed by atoms with Crippen LogP contribution in [0.3, 0.4) is 0 Å². The number of fused-ring (bicyclic) bond motifs is 2. The molecule has 2 aliphatic rings. The number of ether oxygens (including phenoxy) is 2. The molecule has 2 aromatic heterocycles. The molecule has 0 radical (unpaired) electrons. The van der Waals surface area contributed by atoms with Gasteiger partial charge in [0.05, 0.1) is 10.4 Å². The average molecular weight is 613 g/mol. The Bertz CT molecular complexity index is 1760. The van der Waals surface area contributed by atoms with Crippen molar-refractivity contribution in [3.05, 3.63) is 65.1 Å². The SMILES string of the molecule is C[C@]1(C(N)=O)COc2c1cc([C@@](O)(CCC(=O)c1cc(OC(F)F)c3nc(N)sc3c1)C1CC1)nc2-c1ccc(F)cc1. The largest absolute Gasteiger partial charge is 0.489 e. The van der Waals surface area contributed by atoms with Crippen molar-refractivity contribution in [1.29, 1.82) is 0 Å². The maximum absolute atomic E-state index is 13.7. The molecule has 1 fully saturated rings. The molecule has 43 heavy (non-hydrogen) atoms. The molecular formula is C30H27F3N4O5S. The van der Waals surface area contributed by atoms with Crippen LogP contribution in [0.25, 0.3) is 21.5 Å². The number of nitrogens with zero attached hydrogens (tertiary/aromatic N) is 2. The highest BCUT2D eigenvalue weighted by molar-refractivity contribution is 7.22. The van der Waals surface area contributed by atoms with Crippen LogP contribution in [0.4, 0.5) is 18.3 Å². The van der Waals surface area contributed by atoms with Crippen LogP contribution in [-0.4, -0.2) is 40.0 Å². The zero-order valence-electron chi connectivity index (χ0n) is 22.9. The molecule has 1 amide bonds. The molecule has 3 heterocycles. The number of aliphatic hydroxyl groups is 1. The second-order valence-corrected chi connectivity index (χ2v) is 12.2. The minimum atomic E-state index is -3.13. The van der Waals surface area contributed by atoms with Gasteiger partial charge in [-0.3, -0.25) is 9.59 Å². The lowest BCUT2D eigenvalue weighted by Gasteiger charge is -2.29. The number of carbonyl (C=O) groups is 2. The smallest absolute Gasteiger partial charge is 0.387 e. The number of aromatic nitrogens is 2. The van der Waals surface area contributed by atoms with E-state index in [4.69, 9.17) is 21.2 Å². The summed E-state index contributed by atoms with van der Waals surface area (Å²) in [5, 5.41) is 12.3. The summed E-state index contributed by atoms with van der Waals surface area (Å²) in [7, 11) is 0. The maximum Gasteiger partial charge on any atom is 0.387 e. The number of hydrogen-bond donors (Lipinski definition) is 3. The van der Waals surface area contributed by atoms with Crippen LogP contribution in [0.2, 0.25) is 0 Å². The number of rotatable bonds is 10. The average Bonchev–Trinajstić information content (AvgIpc) is 3.67. The Hall–Kier alpha value is -4.23. The summed E-state index contributed by atoms with van der Waals surface area (Å²) in [6.45, 7) is -1.53. The summed E-state index contributed by atoms with van der Waals surface area (Å²) in [5.41, 5.74) is 10.5. The standard InChI is InChI=1S/C30H27F3N4O5S/c1-29(26(34)39)13-41-25-18(29)12-22(36-23(25)14-2-6-17(31)7-3-14)30(40,16-4-5-16)9-8-19(38)15-10-20(42-27(32)33)24-21(11-15)43-28(35)37-24/h2-3,6-7,10-12,16,27,40H,4-5,8-9,13H2,1H3,(H2,34,39)(H2,35,37)/t29-,30+/m0/s1. The van der Waals surface area contributed by atoms with Crippen LogP contribution >= 0.6 is 11.3 Å². The Kier molecular flexibility index (Phi) is 7.04. The fourth-order valence-electron chi connectivity index (χ4n) is 5.53. The number of thiazole rings is 1. The van der Waals surface area contributed by atoms with Gasteiger partial charge in [-0.2, -0.15) is 8.78 Å². The maximum atomic E-state index is 13.7. The number of Topliss-reactive ketones (excluding diaryl/α,β-unsaturated/α-hetero) is 1. The van der Waals surface area contributed by atoms with Crippen molar-refractivity contribution in [3.63, 3.8) is 0 Å². The Morgan fingerprint density at radius 1 is 1.21 bits per heavy atom. The molecule has 13 heteroatoms. The first-order valence-electron chi connectivity index (χ1n) is 13.5. The first-order valence-corrected chi connectivity index (χ1v) is 14.4. The summed E-state index contributed by atoms with van der Waals surface area (Å²) in [5.74, 6) is -1.67. The predicted octanol–water partition coefficient (Wildman–Crippen LogP) is 5.08. The zero-order valence-corrected chi connectivity index (χ0v) is 23.7. The van der Waals surface area contributed by atoms with E-state index in [2.05, 4.69) is 9.72 Å². The van der Waals surface area contributed by atoms with E-state index in [0.717, 1.165) is 11.3 Å². The number of benzene rings is 2. The lowest BCUT2D eigenvalue weighted by atomic mass is 9.80. The highest BCUT2D eigenvalue weighted by Crippen LogP contribution is 2.52. The summed E-state index contributed by atoms with van der Waals surface area (Å²) in [6.07, 6.45) is 1.15. The minimum Gasteiger partial charge on any atom is -0.489 e. The Morgan fingerprint density at radius 2 is 1.93 bits per heavy atom. The molecule has 0 bridgehead atoms. The second-order valence-electron chi connectivity index (χ2n) is 11.1. The fourth-order valence-corrected chi connectivity index (χ4v) is 6.32. The lowest BCUT2D eigenvalue weighted by molar-refractivity contribution is -0.123. The van der Waals surface area contributed by atoms with Gasteiger partial charge in [0.15, 0.2) is 16.7 Å². The molecule has 1 saturated carbocycles. The number of hydrogen-bond acceptors (Lipinski definition) is 9. The van der Waals surface area contributed by atoms with E-state index < -0.39 is 35.1 Å². The van der Waals surface area contributed by atoms with Gasteiger partial charge in [-0.15, -0.1) is 0 Å². The van der Waals surface area contributed by atoms with Gasteiger partial charge in [-0.05, 0) is 74.6 Å². The first-order chi connectivity index (χ1) is 20.4. The number of anilines is 1. The highest BCUT2D eigenvalue weighted by Gasteiger charge is 2.49. The van der Waals surface area contributed by atoms with Gasteiger partial charge in [-0.1, -0.05) is 11.3 Å². The normalized spacial score (nSPS) is 19.2. The number of ketones is 1. The lowest BCUT2D eigenvalue weighted by Crippen LogP contribution is -2.40. The van der Waals surface area contributed by atoms with Crippen LogP contribution in [0, 0.1) is 11.7 Å². The number of nitrogens with two attached hydrogens (primary N) is 2. The van der Waals surface area contributed by atoms with Gasteiger partial charge in [-0.25, -0.2) is 14.4 Å². The van der Waals surface area contributed by atoms with Gasteiger partial charge in [0.2, 0.25) is 5.91 Å². The predicted molar refractivity (Wildman–Crippen MR) is 153 cm³/mol. The van der Waals surface area contributed by atoms with Crippen molar-refractivity contribution in [2.45, 2.75) is 50.2 Å².